The second kappa shape index (κ2) is 4.77. The Balaban J connectivity index is 2.95. The van der Waals surface area contributed by atoms with Crippen molar-refractivity contribution < 1.29 is 4.21 Å². The fraction of sp³-hybridized carbons (Fsp3) is 0.333. The first-order chi connectivity index (χ1) is 6.15. The van der Waals surface area contributed by atoms with Crippen molar-refractivity contribution in [3.05, 3.63) is 22.7 Å². The van der Waals surface area contributed by atoms with Gasteiger partial charge in [0.2, 0.25) is 0 Å². The summed E-state index contributed by atoms with van der Waals surface area (Å²) >= 11 is 3.34. The normalized spacial score (nSPS) is 12.8. The predicted octanol–water partition coefficient (Wildman–Crippen LogP) is 2.55. The van der Waals surface area contributed by atoms with Gasteiger partial charge in [-0.1, -0.05) is 6.92 Å². The van der Waals surface area contributed by atoms with E-state index < -0.39 is 10.8 Å². The van der Waals surface area contributed by atoms with Gasteiger partial charge in [0.25, 0.3) is 0 Å². The lowest BCUT2D eigenvalue weighted by atomic mass is 10.3. The number of halogens is 1. The van der Waals surface area contributed by atoms with Crippen LogP contribution in [0, 0.1) is 0 Å². The molecule has 0 aromatic heterocycles. The molecule has 0 fully saturated rings. The Hall–Kier alpha value is -0.350. The molecule has 4 heteroatoms. The number of hydrogen-bond acceptors (Lipinski definition) is 2. The highest BCUT2D eigenvalue weighted by molar-refractivity contribution is 9.10. The number of nitrogens with two attached hydrogens (primary N) is 1. The van der Waals surface area contributed by atoms with E-state index in [1.54, 1.807) is 12.1 Å². The third-order valence-corrected chi connectivity index (χ3v) is 4.13. The molecule has 0 aliphatic rings. The van der Waals surface area contributed by atoms with Gasteiger partial charge in [0.05, 0.1) is 15.7 Å². The fourth-order valence-corrected chi connectivity index (χ4v) is 3.02. The maximum atomic E-state index is 11.6. The van der Waals surface area contributed by atoms with Crippen LogP contribution >= 0.6 is 15.9 Å². The molecule has 0 radical (unpaired) electrons. The van der Waals surface area contributed by atoms with Crippen LogP contribution in [0.4, 0.5) is 5.69 Å². The number of nitrogen functional groups attached to an aromatic ring is 1. The van der Waals surface area contributed by atoms with Crippen LogP contribution in [-0.4, -0.2) is 9.96 Å². The van der Waals surface area contributed by atoms with Gasteiger partial charge in [-0.3, -0.25) is 4.21 Å². The minimum absolute atomic E-state index is 0.684. The van der Waals surface area contributed by atoms with E-state index in [1.807, 2.05) is 13.0 Å². The Bertz CT molecular complexity index is 327. The molecule has 0 bridgehead atoms. The van der Waals surface area contributed by atoms with Crippen molar-refractivity contribution in [2.45, 2.75) is 18.2 Å². The second-order valence-electron chi connectivity index (χ2n) is 2.74. The molecule has 0 aliphatic carbocycles. The van der Waals surface area contributed by atoms with Gasteiger partial charge in [-0.05, 0) is 40.5 Å². The third kappa shape index (κ3) is 2.81. The highest BCUT2D eigenvalue weighted by atomic mass is 79.9. The van der Waals surface area contributed by atoms with E-state index in [4.69, 9.17) is 5.73 Å². The zero-order chi connectivity index (χ0) is 9.84. The van der Waals surface area contributed by atoms with Gasteiger partial charge in [0, 0.05) is 15.9 Å². The molecule has 0 saturated heterocycles. The van der Waals surface area contributed by atoms with Gasteiger partial charge >= 0.3 is 0 Å². The summed E-state index contributed by atoms with van der Waals surface area (Å²) in [6.07, 6.45) is 0.920. The fourth-order valence-electron chi connectivity index (χ4n) is 0.997. The van der Waals surface area contributed by atoms with Gasteiger partial charge in [-0.15, -0.1) is 0 Å². The van der Waals surface area contributed by atoms with Crippen molar-refractivity contribution in [3.8, 4) is 0 Å². The average Bonchev–Trinajstić information content (AvgIpc) is 2.04. The topological polar surface area (TPSA) is 43.1 Å². The van der Waals surface area contributed by atoms with Crippen LogP contribution in [-0.2, 0) is 10.8 Å². The molecule has 72 valence electrons. The lowest BCUT2D eigenvalue weighted by Crippen LogP contribution is -1.98. The summed E-state index contributed by atoms with van der Waals surface area (Å²) in [4.78, 5) is 0.830. The Morgan fingerprint density at radius 3 is 2.77 bits per heavy atom. The Labute approximate surface area is 89.1 Å². The molecular formula is C9H12BrNOS. The van der Waals surface area contributed by atoms with Gasteiger partial charge in [-0.2, -0.15) is 0 Å². The zero-order valence-electron chi connectivity index (χ0n) is 7.42. The van der Waals surface area contributed by atoms with Crippen molar-refractivity contribution in [2.75, 3.05) is 11.5 Å². The van der Waals surface area contributed by atoms with Crippen LogP contribution in [0.2, 0.25) is 0 Å². The van der Waals surface area contributed by atoms with E-state index in [-0.39, 0.29) is 0 Å². The second-order valence-corrected chi connectivity index (χ2v) is 5.13. The maximum absolute atomic E-state index is 11.6. The Kier molecular flexibility index (Phi) is 3.93. The van der Waals surface area contributed by atoms with Crippen LogP contribution in [0.15, 0.2) is 27.6 Å². The van der Waals surface area contributed by atoms with E-state index in [0.29, 0.717) is 11.4 Å². The third-order valence-electron chi connectivity index (χ3n) is 1.59. The molecule has 2 N–H and O–H groups in total. The molecule has 0 aliphatic heterocycles. The van der Waals surface area contributed by atoms with Gasteiger partial charge in [0.15, 0.2) is 0 Å². The summed E-state index contributed by atoms with van der Waals surface area (Å²) < 4.78 is 12.4. The molecule has 2 nitrogen and oxygen atoms in total. The predicted molar refractivity (Wildman–Crippen MR) is 60.1 cm³/mol. The average molecular weight is 262 g/mol. The van der Waals surface area contributed by atoms with Crippen molar-refractivity contribution in [3.63, 3.8) is 0 Å². The summed E-state index contributed by atoms with van der Waals surface area (Å²) in [5, 5.41) is 0. The van der Waals surface area contributed by atoms with E-state index in [1.165, 1.54) is 0 Å². The van der Waals surface area contributed by atoms with Gasteiger partial charge in [0.1, 0.15) is 0 Å². The van der Waals surface area contributed by atoms with E-state index in [9.17, 15) is 4.21 Å². The summed E-state index contributed by atoms with van der Waals surface area (Å²) in [6.45, 7) is 2.02. The van der Waals surface area contributed by atoms with Gasteiger partial charge in [-0.25, -0.2) is 0 Å². The summed E-state index contributed by atoms with van der Waals surface area (Å²) in [6, 6.07) is 5.36. The first-order valence-corrected chi connectivity index (χ1v) is 6.19. The molecule has 1 rings (SSSR count). The molecular weight excluding hydrogens is 250 g/mol. The summed E-state index contributed by atoms with van der Waals surface area (Å²) in [5.41, 5.74) is 6.26. The van der Waals surface area contributed by atoms with Crippen molar-refractivity contribution in [1.29, 1.82) is 0 Å². The zero-order valence-corrected chi connectivity index (χ0v) is 9.82. The molecule has 1 unspecified atom stereocenters. The quantitative estimate of drug-likeness (QED) is 0.851. The summed E-state index contributed by atoms with van der Waals surface area (Å²) in [7, 11) is -0.906. The largest absolute Gasteiger partial charge is 0.399 e. The SMILES string of the molecule is CCCS(=O)c1ccc(N)cc1Br. The van der Waals surface area contributed by atoms with Crippen molar-refractivity contribution in [2.24, 2.45) is 0 Å². The lowest BCUT2D eigenvalue weighted by molar-refractivity contribution is 0.681. The van der Waals surface area contributed by atoms with Crippen LogP contribution in [0.5, 0.6) is 0 Å². The molecule has 0 heterocycles. The van der Waals surface area contributed by atoms with E-state index in [0.717, 1.165) is 15.8 Å². The highest BCUT2D eigenvalue weighted by Crippen LogP contribution is 2.23. The minimum Gasteiger partial charge on any atom is -0.399 e. The van der Waals surface area contributed by atoms with Crippen LogP contribution < -0.4 is 5.73 Å². The minimum atomic E-state index is -0.906. The molecule has 13 heavy (non-hydrogen) atoms. The van der Waals surface area contributed by atoms with E-state index in [2.05, 4.69) is 15.9 Å². The van der Waals surface area contributed by atoms with Crippen LogP contribution in [0.3, 0.4) is 0 Å². The molecule has 1 atom stereocenters. The first-order valence-electron chi connectivity index (χ1n) is 4.08. The highest BCUT2D eigenvalue weighted by Gasteiger charge is 2.06. The monoisotopic (exact) mass is 261 g/mol. The summed E-state index contributed by atoms with van der Waals surface area (Å²) in [5.74, 6) is 0.697. The number of anilines is 1. The molecule has 0 spiro atoms. The van der Waals surface area contributed by atoms with Crippen molar-refractivity contribution in [1.82, 2.24) is 0 Å². The van der Waals surface area contributed by atoms with Crippen LogP contribution in [0.1, 0.15) is 13.3 Å². The smallest absolute Gasteiger partial charge is 0.0540 e. The number of hydrogen-bond donors (Lipinski definition) is 1. The number of benzene rings is 1. The first kappa shape index (κ1) is 10.7. The molecule has 1 aromatic carbocycles. The van der Waals surface area contributed by atoms with E-state index >= 15 is 0 Å². The van der Waals surface area contributed by atoms with Crippen molar-refractivity contribution >= 4 is 32.4 Å². The maximum Gasteiger partial charge on any atom is 0.0540 e. The standard InChI is InChI=1S/C9H12BrNOS/c1-2-5-13(12)9-4-3-7(11)6-8(9)10/h3-4,6H,2,5,11H2,1H3. The number of rotatable bonds is 3. The lowest BCUT2D eigenvalue weighted by Gasteiger charge is -2.03. The van der Waals surface area contributed by atoms with Crippen LogP contribution in [0.25, 0.3) is 0 Å². The van der Waals surface area contributed by atoms with Gasteiger partial charge < -0.3 is 5.73 Å². The Morgan fingerprint density at radius 1 is 1.54 bits per heavy atom. The Morgan fingerprint density at radius 2 is 2.23 bits per heavy atom. The molecule has 0 amide bonds. The molecule has 0 saturated carbocycles. The molecule has 1 aromatic rings.